The van der Waals surface area contributed by atoms with Crippen molar-refractivity contribution in [2.45, 2.75) is 96.3 Å². The molecule has 0 spiro atoms. The molecule has 4 saturated heterocycles. The van der Waals surface area contributed by atoms with E-state index < -0.39 is 41.0 Å². The Labute approximate surface area is 207 Å². The number of hydrogen-bond acceptors (Lipinski definition) is 6. The fourth-order valence-electron chi connectivity index (χ4n) is 7.04. The smallest absolute Gasteiger partial charge is 0.481 e. The number of imide groups is 1. The van der Waals surface area contributed by atoms with Gasteiger partial charge in [-0.15, -0.1) is 0 Å². The number of rotatable bonds is 10. The fourth-order valence-corrected chi connectivity index (χ4v) is 7.04. The molecule has 0 saturated carbocycles. The zero-order valence-electron chi connectivity index (χ0n) is 21.3. The van der Waals surface area contributed by atoms with Crippen molar-refractivity contribution < 1.29 is 33.9 Å². The van der Waals surface area contributed by atoms with Crippen molar-refractivity contribution in [3.05, 3.63) is 0 Å². The standard InChI is InChI=1S/C25H42N4O6/c1-4-6-17(7-5-2)23(32)27-21-16-8-11-28(12-9-16)22(21)18-10-13-29(15(18)3,25(34)35)24(33)19(26)14-20(30)31/h15-19,21-22H,4-14,26H2,1-3H3,(H2-,27,30,31,32,34,35)/p+1/t15-,18?,19+,21+,22?,29?/m1/s1. The quantitative estimate of drug-likeness (QED) is 0.336. The predicted octanol–water partition coefficient (Wildman–Crippen LogP) is 2.01. The molecule has 3 unspecified atom stereocenters. The molecule has 2 bridgehead atoms. The third-order valence-corrected chi connectivity index (χ3v) is 8.84. The highest BCUT2D eigenvalue weighted by Gasteiger charge is 2.62. The van der Waals surface area contributed by atoms with Crippen LogP contribution in [0, 0.1) is 17.8 Å². The van der Waals surface area contributed by atoms with E-state index in [-0.39, 0.29) is 36.4 Å². The minimum absolute atomic E-state index is 0.0217. The molecule has 6 atom stereocenters. The molecule has 4 heterocycles. The van der Waals surface area contributed by atoms with Crippen molar-refractivity contribution >= 4 is 23.9 Å². The minimum atomic E-state index is -1.38. The highest BCUT2D eigenvalue weighted by Crippen LogP contribution is 2.44. The van der Waals surface area contributed by atoms with Crippen LogP contribution in [0.4, 0.5) is 4.79 Å². The van der Waals surface area contributed by atoms with Gasteiger partial charge < -0.3 is 21.3 Å². The summed E-state index contributed by atoms with van der Waals surface area (Å²) < 4.78 is -0.844. The van der Waals surface area contributed by atoms with Crippen LogP contribution >= 0.6 is 0 Å². The third-order valence-electron chi connectivity index (χ3n) is 8.84. The minimum Gasteiger partial charge on any atom is -0.481 e. The van der Waals surface area contributed by atoms with Gasteiger partial charge in [-0.2, -0.15) is 9.28 Å². The summed E-state index contributed by atoms with van der Waals surface area (Å²) in [5, 5.41) is 22.7. The van der Waals surface area contributed by atoms with E-state index >= 15 is 0 Å². The number of nitrogens with two attached hydrogens (primary N) is 1. The fraction of sp³-hybridized carbons (Fsp3) is 0.840. The first-order chi connectivity index (χ1) is 16.6. The number of fused-ring (bicyclic) bond motifs is 3. The van der Waals surface area contributed by atoms with Crippen LogP contribution in [0.5, 0.6) is 0 Å². The van der Waals surface area contributed by atoms with E-state index in [0.29, 0.717) is 12.3 Å². The lowest BCUT2D eigenvalue weighted by molar-refractivity contribution is -0.795. The Hall–Kier alpha value is -2.04. The average Bonchev–Trinajstić information content (AvgIpc) is 3.16. The first kappa shape index (κ1) is 27.5. The lowest BCUT2D eigenvalue weighted by atomic mass is 9.72. The molecule has 3 amide bonds. The molecule has 10 heteroatoms. The molecule has 10 nitrogen and oxygen atoms in total. The van der Waals surface area contributed by atoms with E-state index in [4.69, 9.17) is 10.8 Å². The maximum Gasteiger partial charge on any atom is 0.521 e. The molecule has 4 fully saturated rings. The average molecular weight is 496 g/mol. The van der Waals surface area contributed by atoms with Gasteiger partial charge in [-0.25, -0.2) is 4.79 Å². The Morgan fingerprint density at radius 3 is 2.17 bits per heavy atom. The maximum absolute atomic E-state index is 13.3. The van der Waals surface area contributed by atoms with Crippen LogP contribution in [0.15, 0.2) is 0 Å². The second-order valence-corrected chi connectivity index (χ2v) is 10.8. The number of nitrogens with zero attached hydrogens (tertiary/aromatic N) is 2. The SMILES string of the molecule is CCCC(CCC)C(=O)N[C@H]1C2CCN(CC2)C1C1CC[N+](C(=O)O)(C(=O)[C@@H](N)CC(=O)O)[C@@H]1C. The Morgan fingerprint density at radius 1 is 1.06 bits per heavy atom. The van der Waals surface area contributed by atoms with Crippen molar-refractivity contribution in [2.75, 3.05) is 19.6 Å². The maximum atomic E-state index is 13.3. The van der Waals surface area contributed by atoms with Crippen LogP contribution in [-0.2, 0) is 14.4 Å². The second-order valence-electron chi connectivity index (χ2n) is 10.8. The van der Waals surface area contributed by atoms with Gasteiger partial charge in [0, 0.05) is 30.3 Å². The topological polar surface area (TPSA) is 150 Å². The monoisotopic (exact) mass is 495 g/mol. The number of amides is 3. The Kier molecular flexibility index (Phi) is 8.93. The highest BCUT2D eigenvalue weighted by atomic mass is 16.4. The van der Waals surface area contributed by atoms with Crippen molar-refractivity contribution in [1.29, 1.82) is 0 Å². The second kappa shape index (κ2) is 11.3. The van der Waals surface area contributed by atoms with Crippen LogP contribution < -0.4 is 11.1 Å². The number of carboxylic acid groups (broad SMARTS) is 2. The van der Waals surface area contributed by atoms with Gasteiger partial charge in [-0.1, -0.05) is 26.7 Å². The molecule has 5 N–H and O–H groups in total. The van der Waals surface area contributed by atoms with Gasteiger partial charge in [0.1, 0.15) is 12.1 Å². The molecule has 198 valence electrons. The zero-order valence-corrected chi connectivity index (χ0v) is 21.3. The van der Waals surface area contributed by atoms with Crippen molar-refractivity contribution in [3.63, 3.8) is 0 Å². The normalized spacial score (nSPS) is 35.1. The van der Waals surface area contributed by atoms with Crippen LogP contribution in [-0.4, -0.2) is 87.3 Å². The van der Waals surface area contributed by atoms with Gasteiger partial charge in [0.25, 0.3) is 0 Å². The number of hydrogen-bond donors (Lipinski definition) is 4. The summed E-state index contributed by atoms with van der Waals surface area (Å²) in [7, 11) is 0. The van der Waals surface area contributed by atoms with Gasteiger partial charge in [0.05, 0.1) is 13.0 Å². The van der Waals surface area contributed by atoms with Crippen LogP contribution in [0.2, 0.25) is 0 Å². The third kappa shape index (κ3) is 5.24. The van der Waals surface area contributed by atoms with E-state index in [1.54, 1.807) is 6.92 Å². The van der Waals surface area contributed by atoms with Gasteiger partial charge in [0.15, 0.2) is 0 Å². The van der Waals surface area contributed by atoms with Gasteiger partial charge in [-0.3, -0.25) is 14.5 Å². The zero-order chi connectivity index (χ0) is 25.9. The van der Waals surface area contributed by atoms with E-state index in [2.05, 4.69) is 24.1 Å². The lowest BCUT2D eigenvalue weighted by Gasteiger charge is -2.54. The molecule has 4 aliphatic heterocycles. The van der Waals surface area contributed by atoms with E-state index in [1.165, 1.54) is 0 Å². The molecule has 0 aromatic rings. The van der Waals surface area contributed by atoms with Crippen molar-refractivity contribution in [1.82, 2.24) is 10.2 Å². The summed E-state index contributed by atoms with van der Waals surface area (Å²) in [4.78, 5) is 52.6. The summed E-state index contributed by atoms with van der Waals surface area (Å²) >= 11 is 0. The van der Waals surface area contributed by atoms with Gasteiger partial charge in [-0.05, 0) is 51.6 Å². The van der Waals surface area contributed by atoms with E-state index in [1.807, 2.05) is 0 Å². The molecular formula is C25H43N4O6+. The lowest BCUT2D eigenvalue weighted by Crippen LogP contribution is -2.69. The molecule has 0 aliphatic carbocycles. The van der Waals surface area contributed by atoms with Gasteiger partial charge in [0.2, 0.25) is 5.91 Å². The molecule has 0 aromatic heterocycles. The molecule has 0 aromatic carbocycles. The first-order valence-electron chi connectivity index (χ1n) is 13.3. The summed E-state index contributed by atoms with van der Waals surface area (Å²) in [5.74, 6) is -1.71. The highest BCUT2D eigenvalue weighted by molar-refractivity contribution is 5.87. The number of quaternary nitrogens is 1. The van der Waals surface area contributed by atoms with Crippen molar-refractivity contribution in [3.8, 4) is 0 Å². The molecule has 4 aliphatic rings. The summed E-state index contributed by atoms with van der Waals surface area (Å²) in [6.07, 6.45) is 4.20. The number of carbonyl (C=O) groups excluding carboxylic acids is 2. The van der Waals surface area contributed by atoms with Gasteiger partial charge >= 0.3 is 18.0 Å². The number of nitrogens with one attached hydrogen (secondary N) is 1. The Balaban J connectivity index is 1.87. The Morgan fingerprint density at radius 2 is 1.66 bits per heavy atom. The van der Waals surface area contributed by atoms with Crippen LogP contribution in [0.1, 0.15) is 72.1 Å². The number of aliphatic carboxylic acids is 1. The van der Waals surface area contributed by atoms with E-state index in [0.717, 1.165) is 51.6 Å². The number of likely N-dealkylation sites (tertiary alicyclic amines) is 1. The summed E-state index contributed by atoms with van der Waals surface area (Å²) in [6, 6.07) is -2.09. The summed E-state index contributed by atoms with van der Waals surface area (Å²) in [6.45, 7) is 7.83. The number of carboxylic acids is 1. The van der Waals surface area contributed by atoms with E-state index in [9.17, 15) is 24.3 Å². The largest absolute Gasteiger partial charge is 0.521 e. The molecular weight excluding hydrogens is 452 g/mol. The van der Waals surface area contributed by atoms with Crippen LogP contribution in [0.3, 0.4) is 0 Å². The first-order valence-corrected chi connectivity index (χ1v) is 13.3. The Bertz CT molecular complexity index is 808. The summed E-state index contributed by atoms with van der Waals surface area (Å²) in [5.41, 5.74) is 5.87. The van der Waals surface area contributed by atoms with Crippen molar-refractivity contribution in [2.24, 2.45) is 23.5 Å². The molecule has 0 radical (unpaired) electrons. The molecule has 35 heavy (non-hydrogen) atoms. The van der Waals surface area contributed by atoms with Crippen LogP contribution in [0.25, 0.3) is 0 Å². The number of carbonyl (C=O) groups is 4. The number of piperidine rings is 3. The molecule has 4 rings (SSSR count). The predicted molar refractivity (Wildman–Crippen MR) is 129 cm³/mol.